The number of aromatic nitrogens is 2. The number of rotatable bonds is 5. The number of nitrogens with one attached hydrogen (secondary N) is 1. The van der Waals surface area contributed by atoms with Gasteiger partial charge in [-0.3, -0.25) is 14.3 Å². The van der Waals surface area contributed by atoms with Crippen molar-refractivity contribution in [2.45, 2.75) is 26.3 Å². The molecule has 0 saturated heterocycles. The van der Waals surface area contributed by atoms with Crippen molar-refractivity contribution in [2.75, 3.05) is 0 Å². The van der Waals surface area contributed by atoms with Crippen molar-refractivity contribution in [3.8, 4) is 0 Å². The zero-order valence-electron chi connectivity index (χ0n) is 13.0. The summed E-state index contributed by atoms with van der Waals surface area (Å²) in [6.07, 6.45) is 0.169. The number of benzene rings is 1. The number of hydrogen-bond donors (Lipinski definition) is 2. The van der Waals surface area contributed by atoms with Crippen molar-refractivity contribution in [1.29, 1.82) is 0 Å². The molecule has 0 bridgehead atoms. The van der Waals surface area contributed by atoms with Gasteiger partial charge in [-0.15, -0.1) is 0 Å². The second kappa shape index (κ2) is 6.43. The molecule has 22 heavy (non-hydrogen) atoms. The summed E-state index contributed by atoms with van der Waals surface area (Å²) in [6.45, 7) is 3.77. The molecule has 2 rings (SSSR count). The maximum Gasteiger partial charge on any atom is 0.244 e. The Labute approximate surface area is 129 Å². The van der Waals surface area contributed by atoms with Crippen LogP contribution < -0.4 is 11.1 Å². The third-order valence-electron chi connectivity index (χ3n) is 3.72. The third-order valence-corrected chi connectivity index (χ3v) is 3.72. The smallest absolute Gasteiger partial charge is 0.244 e. The van der Waals surface area contributed by atoms with E-state index >= 15 is 0 Å². The molecule has 0 aliphatic carbocycles. The average Bonchev–Trinajstić information content (AvgIpc) is 2.72. The zero-order valence-corrected chi connectivity index (χ0v) is 13.0. The Morgan fingerprint density at radius 1 is 1.27 bits per heavy atom. The minimum absolute atomic E-state index is 0.169. The van der Waals surface area contributed by atoms with Crippen LogP contribution in [0.4, 0.5) is 0 Å². The molecule has 6 heteroatoms. The third kappa shape index (κ3) is 3.33. The molecular weight excluding hydrogens is 280 g/mol. The van der Waals surface area contributed by atoms with Crippen molar-refractivity contribution in [3.63, 3.8) is 0 Å². The van der Waals surface area contributed by atoms with Crippen LogP contribution in [0.15, 0.2) is 30.3 Å². The lowest BCUT2D eigenvalue weighted by molar-refractivity contribution is -0.127. The quantitative estimate of drug-likeness (QED) is 0.860. The molecule has 0 aliphatic heterocycles. The lowest BCUT2D eigenvalue weighted by atomic mass is 10.1. The number of carbonyl (C=O) groups excluding carboxylic acids is 2. The highest BCUT2D eigenvalue weighted by Crippen LogP contribution is 2.15. The van der Waals surface area contributed by atoms with Crippen molar-refractivity contribution < 1.29 is 9.59 Å². The van der Waals surface area contributed by atoms with Crippen molar-refractivity contribution in [3.05, 3.63) is 52.8 Å². The Bertz CT molecular complexity index is 692. The van der Waals surface area contributed by atoms with E-state index < -0.39 is 11.9 Å². The van der Waals surface area contributed by atoms with Gasteiger partial charge < -0.3 is 11.1 Å². The summed E-state index contributed by atoms with van der Waals surface area (Å²) in [7, 11) is 1.83. The minimum Gasteiger partial charge on any atom is -0.368 e. The summed E-state index contributed by atoms with van der Waals surface area (Å²) in [5.74, 6) is -0.842. The summed E-state index contributed by atoms with van der Waals surface area (Å²) in [5.41, 5.74) is 8.69. The molecule has 2 amide bonds. The number of aryl methyl sites for hydroxylation is 2. The van der Waals surface area contributed by atoms with Gasteiger partial charge >= 0.3 is 0 Å². The largest absolute Gasteiger partial charge is 0.368 e. The molecule has 116 valence electrons. The number of nitrogens with two attached hydrogens (primary N) is 1. The van der Waals surface area contributed by atoms with Crippen LogP contribution >= 0.6 is 0 Å². The van der Waals surface area contributed by atoms with Gasteiger partial charge in [0.25, 0.3) is 0 Å². The van der Waals surface area contributed by atoms with Gasteiger partial charge in [-0.25, -0.2) is 0 Å². The topological polar surface area (TPSA) is 90.0 Å². The Balaban J connectivity index is 2.14. The lowest BCUT2D eigenvalue weighted by Crippen LogP contribution is -2.38. The summed E-state index contributed by atoms with van der Waals surface area (Å²) < 4.78 is 1.74. The number of primary amides is 1. The average molecular weight is 300 g/mol. The molecule has 1 atom stereocenters. The fraction of sp³-hybridized carbons (Fsp3) is 0.312. The van der Waals surface area contributed by atoms with E-state index in [9.17, 15) is 9.59 Å². The van der Waals surface area contributed by atoms with Crippen LogP contribution in [-0.2, 0) is 23.1 Å². The highest BCUT2D eigenvalue weighted by atomic mass is 16.2. The van der Waals surface area contributed by atoms with E-state index in [4.69, 9.17) is 5.73 Å². The normalized spacial score (nSPS) is 12.0. The molecule has 1 aromatic carbocycles. The first-order chi connectivity index (χ1) is 10.4. The number of amides is 2. The van der Waals surface area contributed by atoms with Crippen LogP contribution in [0.5, 0.6) is 0 Å². The van der Waals surface area contributed by atoms with E-state index in [2.05, 4.69) is 10.4 Å². The van der Waals surface area contributed by atoms with Crippen LogP contribution in [0.1, 0.15) is 28.6 Å². The highest BCUT2D eigenvalue weighted by molar-refractivity contribution is 5.88. The second-order valence-corrected chi connectivity index (χ2v) is 5.26. The second-order valence-electron chi connectivity index (χ2n) is 5.26. The van der Waals surface area contributed by atoms with Crippen molar-refractivity contribution in [2.24, 2.45) is 12.8 Å². The number of carbonyl (C=O) groups is 2. The van der Waals surface area contributed by atoms with Crippen LogP contribution in [0.3, 0.4) is 0 Å². The van der Waals surface area contributed by atoms with Gasteiger partial charge in [-0.05, 0) is 19.4 Å². The number of hydrogen-bond acceptors (Lipinski definition) is 3. The first-order valence-electron chi connectivity index (χ1n) is 7.03. The Kier molecular flexibility index (Phi) is 4.60. The summed E-state index contributed by atoms with van der Waals surface area (Å²) in [6, 6.07) is 8.13. The molecule has 0 radical (unpaired) electrons. The van der Waals surface area contributed by atoms with E-state index in [0.29, 0.717) is 5.56 Å². The zero-order chi connectivity index (χ0) is 16.3. The van der Waals surface area contributed by atoms with Crippen molar-refractivity contribution in [1.82, 2.24) is 15.1 Å². The van der Waals surface area contributed by atoms with Gasteiger partial charge in [-0.2, -0.15) is 5.10 Å². The van der Waals surface area contributed by atoms with E-state index in [1.165, 1.54) is 0 Å². The van der Waals surface area contributed by atoms with Crippen LogP contribution in [0.2, 0.25) is 0 Å². The van der Waals surface area contributed by atoms with Gasteiger partial charge in [0.1, 0.15) is 6.04 Å². The molecule has 1 aromatic heterocycles. The molecule has 0 aliphatic rings. The van der Waals surface area contributed by atoms with E-state index in [1.54, 1.807) is 28.9 Å². The predicted octanol–water partition coefficient (Wildman–Crippen LogP) is 0.922. The maximum atomic E-state index is 12.3. The first-order valence-corrected chi connectivity index (χ1v) is 7.03. The minimum atomic E-state index is -0.828. The van der Waals surface area contributed by atoms with Crippen LogP contribution in [-0.4, -0.2) is 21.6 Å². The van der Waals surface area contributed by atoms with Gasteiger partial charge in [0.05, 0.1) is 12.1 Å². The van der Waals surface area contributed by atoms with Gasteiger partial charge in [0.15, 0.2) is 0 Å². The molecule has 1 heterocycles. The fourth-order valence-electron chi connectivity index (χ4n) is 2.41. The van der Waals surface area contributed by atoms with Gasteiger partial charge in [0.2, 0.25) is 11.8 Å². The summed E-state index contributed by atoms with van der Waals surface area (Å²) in [5, 5.41) is 6.98. The molecule has 0 fully saturated rings. The maximum absolute atomic E-state index is 12.3. The Morgan fingerprint density at radius 2 is 1.91 bits per heavy atom. The molecule has 6 nitrogen and oxygen atoms in total. The van der Waals surface area contributed by atoms with E-state index in [-0.39, 0.29) is 12.3 Å². The highest BCUT2D eigenvalue weighted by Gasteiger charge is 2.21. The monoisotopic (exact) mass is 300 g/mol. The predicted molar refractivity (Wildman–Crippen MR) is 82.9 cm³/mol. The lowest BCUT2D eigenvalue weighted by Gasteiger charge is -2.16. The standard InChI is InChI=1S/C16H20N4O2/c1-10-13(11(2)20(3)19-10)9-14(21)18-15(16(17)22)12-7-5-4-6-8-12/h4-8,15H,9H2,1-3H3,(H2,17,22)(H,18,21). The summed E-state index contributed by atoms with van der Waals surface area (Å²) in [4.78, 5) is 23.9. The Morgan fingerprint density at radius 3 is 2.41 bits per heavy atom. The van der Waals surface area contributed by atoms with E-state index in [1.807, 2.05) is 27.0 Å². The fourth-order valence-corrected chi connectivity index (χ4v) is 2.41. The molecule has 3 N–H and O–H groups in total. The van der Waals surface area contributed by atoms with Crippen LogP contribution in [0, 0.1) is 13.8 Å². The molecular formula is C16H20N4O2. The molecule has 0 spiro atoms. The molecule has 1 unspecified atom stereocenters. The Hall–Kier alpha value is -2.63. The van der Waals surface area contributed by atoms with Gasteiger partial charge in [-0.1, -0.05) is 30.3 Å². The molecule has 2 aromatic rings. The number of nitrogens with zero attached hydrogens (tertiary/aromatic N) is 2. The molecule has 0 saturated carbocycles. The van der Waals surface area contributed by atoms with E-state index in [0.717, 1.165) is 17.0 Å². The first kappa shape index (κ1) is 15.8. The van der Waals surface area contributed by atoms with Crippen molar-refractivity contribution >= 4 is 11.8 Å². The summed E-state index contributed by atoms with van der Waals surface area (Å²) >= 11 is 0. The van der Waals surface area contributed by atoms with Gasteiger partial charge in [0, 0.05) is 18.3 Å². The SMILES string of the molecule is Cc1nn(C)c(C)c1CC(=O)NC(C(N)=O)c1ccccc1. The van der Waals surface area contributed by atoms with Crippen LogP contribution in [0.25, 0.3) is 0 Å².